The van der Waals surface area contributed by atoms with Crippen molar-refractivity contribution in [2.75, 3.05) is 0 Å². The zero-order valence-electron chi connectivity index (χ0n) is 5.68. The van der Waals surface area contributed by atoms with Crippen LogP contribution < -0.4 is 0 Å². The van der Waals surface area contributed by atoms with Crippen LogP contribution in [0.4, 0.5) is 26.3 Å². The monoisotopic (exact) mass is 202 g/mol. The van der Waals surface area contributed by atoms with E-state index in [9.17, 15) is 31.1 Å². The molecule has 0 fully saturated rings. The lowest BCUT2D eigenvalue weighted by atomic mass is 10.2. The highest BCUT2D eigenvalue weighted by atomic mass is 19.3. The summed E-state index contributed by atoms with van der Waals surface area (Å²) >= 11 is 0. The lowest BCUT2D eigenvalue weighted by Crippen LogP contribution is -2.21. The summed E-state index contributed by atoms with van der Waals surface area (Å²) in [6.45, 7) is 0. The second kappa shape index (κ2) is 2.61. The van der Waals surface area contributed by atoms with E-state index in [0.717, 1.165) is 0 Å². The van der Waals surface area contributed by atoms with Gasteiger partial charge < -0.3 is 0 Å². The van der Waals surface area contributed by atoms with Crippen LogP contribution in [0.25, 0.3) is 0 Å². The molecule has 0 heterocycles. The number of hydrogen-bond donors (Lipinski definition) is 0. The summed E-state index contributed by atoms with van der Waals surface area (Å²) in [5.74, 6) is -12.7. The van der Waals surface area contributed by atoms with Gasteiger partial charge in [-0.2, -0.15) is 13.2 Å². The van der Waals surface area contributed by atoms with Gasteiger partial charge in [0.2, 0.25) is 5.83 Å². The fourth-order valence-corrected chi connectivity index (χ4v) is 0.801. The first kappa shape index (κ1) is 9.82. The Kier molecular flexibility index (Phi) is 1.97. The maximum Gasteiger partial charge on any atom is 0.337 e. The van der Waals surface area contributed by atoms with E-state index < -0.39 is 35.0 Å². The van der Waals surface area contributed by atoms with E-state index in [1.54, 1.807) is 0 Å². The maximum absolute atomic E-state index is 12.3. The zero-order chi connectivity index (χ0) is 10.4. The van der Waals surface area contributed by atoms with Gasteiger partial charge in [0.05, 0.1) is 0 Å². The van der Waals surface area contributed by atoms with Gasteiger partial charge in [-0.1, -0.05) is 0 Å². The van der Waals surface area contributed by atoms with Crippen molar-refractivity contribution < 1.29 is 31.1 Å². The van der Waals surface area contributed by atoms with Crippen molar-refractivity contribution in [2.45, 2.75) is 5.92 Å². The molecule has 0 aromatic carbocycles. The summed E-state index contributed by atoms with van der Waals surface area (Å²) in [5.41, 5.74) is -2.43. The van der Waals surface area contributed by atoms with Crippen LogP contribution in [0, 0.1) is 0 Å². The van der Waals surface area contributed by atoms with Gasteiger partial charge in [0.25, 0.3) is 0 Å². The fraction of sp³-hybridized carbons (Fsp3) is 0.167. The van der Waals surface area contributed by atoms with E-state index in [-0.39, 0.29) is 0 Å². The minimum Gasteiger partial charge on any atom is -0.255 e. The van der Waals surface area contributed by atoms with Crippen LogP contribution in [0.2, 0.25) is 0 Å². The first-order valence-electron chi connectivity index (χ1n) is 2.84. The van der Waals surface area contributed by atoms with Crippen molar-refractivity contribution in [1.29, 1.82) is 0 Å². The molecule has 1 aliphatic rings. The normalized spacial score (nSPS) is 21.4. The Labute approximate surface area is 67.3 Å². The largest absolute Gasteiger partial charge is 0.337 e. The van der Waals surface area contributed by atoms with Crippen molar-refractivity contribution in [3.8, 4) is 0 Å². The molecule has 0 saturated heterocycles. The van der Waals surface area contributed by atoms with Crippen LogP contribution in [-0.2, 0) is 4.79 Å². The molecule has 0 spiro atoms. The SMILES string of the molecule is O=C(F)C1=C(F)C(F)=C(F)C1(F)F. The maximum atomic E-state index is 12.3. The molecule has 72 valence electrons. The van der Waals surface area contributed by atoms with Crippen LogP contribution in [0.5, 0.6) is 0 Å². The second-order valence-corrected chi connectivity index (χ2v) is 2.17. The summed E-state index contributed by atoms with van der Waals surface area (Å²) in [4.78, 5) is 9.76. The topological polar surface area (TPSA) is 17.1 Å². The molecule has 0 bridgehead atoms. The van der Waals surface area contributed by atoms with E-state index in [4.69, 9.17) is 0 Å². The molecule has 13 heavy (non-hydrogen) atoms. The molecule has 0 N–H and O–H groups in total. The molecule has 0 radical (unpaired) electrons. The second-order valence-electron chi connectivity index (χ2n) is 2.17. The average Bonchev–Trinajstić information content (AvgIpc) is 2.12. The van der Waals surface area contributed by atoms with Crippen molar-refractivity contribution >= 4 is 6.04 Å². The van der Waals surface area contributed by atoms with E-state index in [1.807, 2.05) is 0 Å². The van der Waals surface area contributed by atoms with E-state index >= 15 is 0 Å². The minimum absolute atomic E-state index is 2.43. The smallest absolute Gasteiger partial charge is 0.255 e. The first-order valence-corrected chi connectivity index (χ1v) is 2.84. The number of rotatable bonds is 1. The predicted molar refractivity (Wildman–Crippen MR) is 28.4 cm³/mol. The molecule has 0 atom stereocenters. The Balaban J connectivity index is 3.36. The van der Waals surface area contributed by atoms with Gasteiger partial charge in [0, 0.05) is 0 Å². The predicted octanol–water partition coefficient (Wildman–Crippen LogP) is 2.51. The molecular weight excluding hydrogens is 202 g/mol. The van der Waals surface area contributed by atoms with Crippen LogP contribution in [0.15, 0.2) is 23.1 Å². The molecule has 1 aliphatic carbocycles. The zero-order valence-corrected chi connectivity index (χ0v) is 5.68. The molecule has 0 amide bonds. The Morgan fingerprint density at radius 2 is 1.54 bits per heavy atom. The number of carbonyl (C=O) groups excluding carboxylic acids is 1. The summed E-state index contributed by atoms with van der Waals surface area (Å²) in [5, 5.41) is 0. The molecule has 7 heteroatoms. The third-order valence-corrected chi connectivity index (χ3v) is 1.39. The van der Waals surface area contributed by atoms with E-state index in [2.05, 4.69) is 0 Å². The molecular formula is C6F6O. The number of hydrogen-bond acceptors (Lipinski definition) is 1. The van der Waals surface area contributed by atoms with Gasteiger partial charge in [0.15, 0.2) is 11.7 Å². The fourth-order valence-electron chi connectivity index (χ4n) is 0.801. The molecule has 1 rings (SSSR count). The Bertz CT molecular complexity index is 339. The van der Waals surface area contributed by atoms with Crippen molar-refractivity contribution in [2.24, 2.45) is 0 Å². The quantitative estimate of drug-likeness (QED) is 0.471. The summed E-state index contributed by atoms with van der Waals surface area (Å²) in [6, 6.07) is -2.90. The van der Waals surface area contributed by atoms with Crippen molar-refractivity contribution in [1.82, 2.24) is 0 Å². The molecule has 0 aromatic rings. The molecule has 0 aliphatic heterocycles. The number of carbonyl (C=O) groups is 1. The Morgan fingerprint density at radius 1 is 1.08 bits per heavy atom. The highest BCUT2D eigenvalue weighted by molar-refractivity contribution is 5.92. The number of halogens is 6. The van der Waals surface area contributed by atoms with Gasteiger partial charge in [-0.15, -0.1) is 0 Å². The summed E-state index contributed by atoms with van der Waals surface area (Å²) in [7, 11) is 0. The molecule has 1 nitrogen and oxygen atoms in total. The highest BCUT2D eigenvalue weighted by Gasteiger charge is 2.54. The summed E-state index contributed by atoms with van der Waals surface area (Å²) in [6.07, 6.45) is 0. The number of allylic oxidation sites excluding steroid dienone is 4. The summed E-state index contributed by atoms with van der Waals surface area (Å²) < 4.78 is 72.8. The van der Waals surface area contributed by atoms with E-state index in [1.165, 1.54) is 0 Å². The average molecular weight is 202 g/mol. The van der Waals surface area contributed by atoms with Gasteiger partial charge >= 0.3 is 12.0 Å². The van der Waals surface area contributed by atoms with E-state index in [0.29, 0.717) is 0 Å². The molecule has 0 saturated carbocycles. The first-order chi connectivity index (χ1) is 5.80. The van der Waals surface area contributed by atoms with Crippen molar-refractivity contribution in [3.63, 3.8) is 0 Å². The third kappa shape index (κ3) is 1.14. The van der Waals surface area contributed by atoms with Crippen LogP contribution >= 0.6 is 0 Å². The molecule has 0 unspecified atom stereocenters. The Hall–Kier alpha value is -1.27. The van der Waals surface area contributed by atoms with Gasteiger partial charge in [0.1, 0.15) is 5.57 Å². The lowest BCUT2D eigenvalue weighted by Gasteiger charge is -2.07. The Morgan fingerprint density at radius 3 is 1.69 bits per heavy atom. The van der Waals surface area contributed by atoms with Crippen molar-refractivity contribution in [3.05, 3.63) is 23.1 Å². The van der Waals surface area contributed by atoms with Gasteiger partial charge in [-0.05, 0) is 0 Å². The van der Waals surface area contributed by atoms with Gasteiger partial charge in [-0.25, -0.2) is 13.2 Å². The van der Waals surface area contributed by atoms with Crippen LogP contribution in [-0.4, -0.2) is 12.0 Å². The lowest BCUT2D eigenvalue weighted by molar-refractivity contribution is -0.128. The highest BCUT2D eigenvalue weighted by Crippen LogP contribution is 2.46. The third-order valence-electron chi connectivity index (χ3n) is 1.39. The molecule has 0 aromatic heterocycles. The van der Waals surface area contributed by atoms with Gasteiger partial charge in [-0.3, -0.25) is 4.79 Å². The standard InChI is InChI=1S/C6F6O/c7-2-1(5(10)13)6(11,12)4(9)3(2)8. The number of alkyl halides is 2. The minimum atomic E-state index is -4.85. The van der Waals surface area contributed by atoms with Crippen LogP contribution in [0.3, 0.4) is 0 Å². The van der Waals surface area contributed by atoms with Crippen LogP contribution in [0.1, 0.15) is 0 Å².